The number of alkyl halides is 2. The predicted octanol–water partition coefficient (Wildman–Crippen LogP) is 2.98. The average molecular weight is 529 g/mol. The second kappa shape index (κ2) is 11.6. The Bertz CT molecular complexity index is 1260. The Balaban J connectivity index is 1.46. The highest BCUT2D eigenvalue weighted by Crippen LogP contribution is 2.29. The van der Waals surface area contributed by atoms with Crippen molar-refractivity contribution in [3.05, 3.63) is 36.2 Å². The molecule has 1 aromatic carbocycles. The van der Waals surface area contributed by atoms with Gasteiger partial charge in [0.1, 0.15) is 17.7 Å². The Morgan fingerprint density at radius 1 is 1.11 bits per heavy atom. The molecule has 38 heavy (non-hydrogen) atoms. The molecule has 2 fully saturated rings. The summed E-state index contributed by atoms with van der Waals surface area (Å²) in [7, 11) is 0. The van der Waals surface area contributed by atoms with Crippen molar-refractivity contribution in [1.29, 1.82) is 0 Å². The molecule has 4 heterocycles. The fraction of sp³-hybridized carbons (Fsp3) is 0.538. The molecule has 1 atom stereocenters. The van der Waals surface area contributed by atoms with Gasteiger partial charge in [-0.2, -0.15) is 9.97 Å². The van der Waals surface area contributed by atoms with Crippen LogP contribution in [0, 0.1) is 5.92 Å². The van der Waals surface area contributed by atoms with Crippen LogP contribution in [0.25, 0.3) is 16.9 Å². The molecule has 0 aliphatic carbocycles. The Kier molecular flexibility index (Phi) is 7.98. The number of hydrogen-bond donors (Lipinski definition) is 2. The number of rotatable bonds is 8. The van der Waals surface area contributed by atoms with Crippen LogP contribution in [0.4, 0.5) is 20.5 Å². The lowest BCUT2D eigenvalue weighted by atomic mass is 9.93. The van der Waals surface area contributed by atoms with Gasteiger partial charge < -0.3 is 25.6 Å². The third kappa shape index (κ3) is 5.56. The normalized spacial score (nSPS) is 17.8. The largest absolute Gasteiger partial charge is 0.378 e. The van der Waals surface area contributed by atoms with Crippen molar-refractivity contribution in [1.82, 2.24) is 24.4 Å². The molecule has 1 amide bonds. The summed E-state index contributed by atoms with van der Waals surface area (Å²) in [5.41, 5.74) is 6.66. The lowest BCUT2D eigenvalue weighted by molar-refractivity contribution is -0.133. The monoisotopic (exact) mass is 528 g/mol. The molecule has 3 aromatic rings. The van der Waals surface area contributed by atoms with Gasteiger partial charge in [0.15, 0.2) is 5.82 Å². The van der Waals surface area contributed by atoms with Crippen molar-refractivity contribution in [3.63, 3.8) is 0 Å². The van der Waals surface area contributed by atoms with E-state index in [-0.39, 0.29) is 17.7 Å². The van der Waals surface area contributed by atoms with Crippen molar-refractivity contribution in [2.45, 2.75) is 38.7 Å². The molecule has 12 heteroatoms. The summed E-state index contributed by atoms with van der Waals surface area (Å²) >= 11 is 0. The van der Waals surface area contributed by atoms with E-state index in [9.17, 15) is 13.6 Å². The zero-order valence-corrected chi connectivity index (χ0v) is 21.5. The lowest BCUT2D eigenvalue weighted by Crippen LogP contribution is -2.45. The number of nitrogens with two attached hydrogens (primary N) is 1. The molecule has 3 N–H and O–H groups in total. The minimum absolute atomic E-state index is 0.0422. The van der Waals surface area contributed by atoms with Crippen LogP contribution in [0.1, 0.15) is 38.4 Å². The molecule has 0 radical (unpaired) electrons. The van der Waals surface area contributed by atoms with Crippen LogP contribution in [0.2, 0.25) is 0 Å². The fourth-order valence-electron chi connectivity index (χ4n) is 5.19. The molecule has 204 valence electrons. The Hall–Kier alpha value is -3.38. The van der Waals surface area contributed by atoms with E-state index in [1.807, 2.05) is 9.80 Å². The molecule has 2 saturated heterocycles. The molecule has 0 bridgehead atoms. The Labute approximate surface area is 220 Å². The van der Waals surface area contributed by atoms with Crippen molar-refractivity contribution < 1.29 is 18.3 Å². The van der Waals surface area contributed by atoms with Crippen LogP contribution in [-0.4, -0.2) is 82.3 Å². The van der Waals surface area contributed by atoms with E-state index >= 15 is 0 Å². The number of carbonyl (C=O) groups is 1. The molecular weight excluding hydrogens is 494 g/mol. The summed E-state index contributed by atoms with van der Waals surface area (Å²) < 4.78 is 35.0. The second-order valence-corrected chi connectivity index (χ2v) is 9.81. The number of carbonyl (C=O) groups excluding carboxylic acids is 1. The predicted molar refractivity (Wildman–Crippen MR) is 141 cm³/mol. The summed E-state index contributed by atoms with van der Waals surface area (Å²) in [6.45, 7) is 6.09. The lowest BCUT2D eigenvalue weighted by Gasteiger charge is -2.33. The molecule has 0 saturated carbocycles. The molecule has 10 nitrogen and oxygen atoms in total. The molecule has 0 spiro atoms. The number of morpholine rings is 1. The number of halogens is 2. The number of para-hydroxylation sites is 2. The first-order valence-electron chi connectivity index (χ1n) is 13.2. The quantitative estimate of drug-likeness (QED) is 0.459. The number of ether oxygens (including phenoxy) is 1. The summed E-state index contributed by atoms with van der Waals surface area (Å²) in [5, 5.41) is 3.14. The standard InChI is InChI=1S/C26H34F2N8O2/c1-17(25(37)35-10-7-18(6-9-29)8-11-35)30-26-32-21(34-12-14-38-15-13-34)16-22(33-26)36-20-5-3-2-4-19(20)31-24(36)23(27)28/h2-5,16-18,23H,6-15,29H2,1H3,(H,30,32,33)/t17-/m0/s1. The number of likely N-dealkylation sites (tertiary alicyclic amines) is 1. The van der Waals surface area contributed by atoms with E-state index in [1.54, 1.807) is 37.3 Å². The third-order valence-corrected chi connectivity index (χ3v) is 7.26. The van der Waals surface area contributed by atoms with E-state index in [2.05, 4.69) is 20.3 Å². The number of piperidine rings is 1. The van der Waals surface area contributed by atoms with Gasteiger partial charge in [-0.1, -0.05) is 12.1 Å². The maximum absolute atomic E-state index is 14.1. The highest BCUT2D eigenvalue weighted by atomic mass is 19.3. The van der Waals surface area contributed by atoms with Crippen molar-refractivity contribution >= 4 is 28.7 Å². The topological polar surface area (TPSA) is 114 Å². The molecule has 0 unspecified atom stereocenters. The second-order valence-electron chi connectivity index (χ2n) is 9.81. The van der Waals surface area contributed by atoms with Crippen LogP contribution < -0.4 is 16.0 Å². The molecule has 2 aromatic heterocycles. The van der Waals surface area contributed by atoms with E-state index in [1.165, 1.54) is 4.57 Å². The van der Waals surface area contributed by atoms with Gasteiger partial charge in [0.25, 0.3) is 6.43 Å². The summed E-state index contributed by atoms with van der Waals surface area (Å²) in [4.78, 5) is 30.5. The van der Waals surface area contributed by atoms with E-state index in [0.717, 1.165) is 19.3 Å². The van der Waals surface area contributed by atoms with Gasteiger partial charge in [-0.05, 0) is 50.8 Å². The first-order chi connectivity index (χ1) is 18.4. The first-order valence-corrected chi connectivity index (χ1v) is 13.2. The number of nitrogens with one attached hydrogen (secondary N) is 1. The fourth-order valence-corrected chi connectivity index (χ4v) is 5.19. The SMILES string of the molecule is C[C@H](Nc1nc(N2CCOCC2)cc(-n2c(C(F)F)nc3ccccc32)n1)C(=O)N1CCC(CCN)CC1. The van der Waals surface area contributed by atoms with Gasteiger partial charge in [-0.3, -0.25) is 9.36 Å². The van der Waals surface area contributed by atoms with Crippen molar-refractivity contribution in [2.24, 2.45) is 11.7 Å². The minimum Gasteiger partial charge on any atom is -0.378 e. The Morgan fingerprint density at radius 2 is 1.82 bits per heavy atom. The number of benzene rings is 1. The number of hydrogen-bond acceptors (Lipinski definition) is 8. The van der Waals surface area contributed by atoms with E-state index < -0.39 is 18.3 Å². The van der Waals surface area contributed by atoms with E-state index in [0.29, 0.717) is 68.7 Å². The number of fused-ring (bicyclic) bond motifs is 1. The molecule has 2 aliphatic heterocycles. The third-order valence-electron chi connectivity index (χ3n) is 7.26. The van der Waals surface area contributed by atoms with Crippen LogP contribution in [0.3, 0.4) is 0 Å². The van der Waals surface area contributed by atoms with Gasteiger partial charge >= 0.3 is 0 Å². The Morgan fingerprint density at radius 3 is 2.53 bits per heavy atom. The summed E-state index contributed by atoms with van der Waals surface area (Å²) in [6, 6.07) is 8.05. The van der Waals surface area contributed by atoms with Gasteiger partial charge in [-0.15, -0.1) is 0 Å². The van der Waals surface area contributed by atoms with Gasteiger partial charge in [0, 0.05) is 32.2 Å². The summed E-state index contributed by atoms with van der Waals surface area (Å²) in [5.74, 6) is 1.14. The highest BCUT2D eigenvalue weighted by Gasteiger charge is 2.28. The highest BCUT2D eigenvalue weighted by molar-refractivity contribution is 5.84. The number of amides is 1. The van der Waals surface area contributed by atoms with Crippen LogP contribution in [0.15, 0.2) is 30.3 Å². The van der Waals surface area contributed by atoms with Crippen molar-refractivity contribution in [3.8, 4) is 5.82 Å². The van der Waals surface area contributed by atoms with Crippen molar-refractivity contribution in [2.75, 3.05) is 56.2 Å². The molecular formula is C26H34F2N8O2. The van der Waals surface area contributed by atoms with Gasteiger partial charge in [0.05, 0.1) is 24.2 Å². The minimum atomic E-state index is -2.80. The smallest absolute Gasteiger partial charge is 0.296 e. The number of anilines is 2. The van der Waals surface area contributed by atoms with Crippen LogP contribution >= 0.6 is 0 Å². The van der Waals surface area contributed by atoms with E-state index in [4.69, 9.17) is 10.5 Å². The molecule has 5 rings (SSSR count). The summed E-state index contributed by atoms with van der Waals surface area (Å²) in [6.07, 6.45) is 0.0489. The number of aromatic nitrogens is 4. The maximum Gasteiger partial charge on any atom is 0.296 e. The number of imidazole rings is 1. The van der Waals surface area contributed by atoms with Crippen LogP contribution in [0.5, 0.6) is 0 Å². The van der Waals surface area contributed by atoms with Gasteiger partial charge in [-0.25, -0.2) is 13.8 Å². The zero-order chi connectivity index (χ0) is 26.6. The first kappa shape index (κ1) is 26.2. The van der Waals surface area contributed by atoms with Crippen LogP contribution in [-0.2, 0) is 9.53 Å². The van der Waals surface area contributed by atoms with Gasteiger partial charge in [0.2, 0.25) is 11.9 Å². The number of nitrogens with zero attached hydrogens (tertiary/aromatic N) is 6. The average Bonchev–Trinajstić information content (AvgIpc) is 3.34. The molecule has 2 aliphatic rings. The maximum atomic E-state index is 14.1. The zero-order valence-electron chi connectivity index (χ0n) is 21.5.